The second-order valence-electron chi connectivity index (χ2n) is 3.96. The second-order valence-corrected chi connectivity index (χ2v) is 6.75. The van der Waals surface area contributed by atoms with Crippen molar-refractivity contribution in [1.82, 2.24) is 9.80 Å². The van der Waals surface area contributed by atoms with E-state index in [0.29, 0.717) is 9.23 Å². The summed E-state index contributed by atoms with van der Waals surface area (Å²) in [6, 6.07) is 0. The van der Waals surface area contributed by atoms with Crippen molar-refractivity contribution >= 4 is 51.9 Å². The van der Waals surface area contributed by atoms with Crippen molar-refractivity contribution < 1.29 is 14.7 Å². The average Bonchev–Trinajstić information content (AvgIpc) is 2.85. The molecule has 0 saturated carbocycles. The Balaban J connectivity index is 2.12. The van der Waals surface area contributed by atoms with Crippen LogP contribution in [0.5, 0.6) is 0 Å². The van der Waals surface area contributed by atoms with E-state index in [1.807, 2.05) is 13.1 Å². The Bertz CT molecular complexity index is 501. The Morgan fingerprint density at radius 3 is 2.84 bits per heavy atom. The lowest BCUT2D eigenvalue weighted by Crippen LogP contribution is -2.33. The maximum Gasteiger partial charge on any atom is 0.323 e. The van der Waals surface area contributed by atoms with Gasteiger partial charge >= 0.3 is 5.97 Å². The molecule has 0 spiro atoms. The number of rotatable bonds is 3. The minimum Gasteiger partial charge on any atom is -0.480 e. The molecule has 1 amide bonds. The van der Waals surface area contributed by atoms with Gasteiger partial charge in [-0.05, 0) is 12.2 Å². The van der Waals surface area contributed by atoms with Gasteiger partial charge < -0.3 is 10.0 Å². The highest BCUT2D eigenvalue weighted by Gasteiger charge is 2.33. The summed E-state index contributed by atoms with van der Waals surface area (Å²) in [5.74, 6) is -0.363. The molecular formula is C11H12N2O3S3. The van der Waals surface area contributed by atoms with Crippen LogP contribution >= 0.6 is 35.7 Å². The Morgan fingerprint density at radius 2 is 2.26 bits per heavy atom. The fraction of sp³-hybridized carbons (Fsp3) is 0.364. The van der Waals surface area contributed by atoms with Crippen LogP contribution < -0.4 is 0 Å². The summed E-state index contributed by atoms with van der Waals surface area (Å²) in [4.78, 5) is 26.3. The smallest absolute Gasteiger partial charge is 0.323 e. The van der Waals surface area contributed by atoms with Gasteiger partial charge in [-0.3, -0.25) is 14.5 Å². The van der Waals surface area contributed by atoms with Crippen LogP contribution in [0.2, 0.25) is 0 Å². The van der Waals surface area contributed by atoms with Gasteiger partial charge in [-0.1, -0.05) is 24.0 Å². The van der Waals surface area contributed by atoms with Crippen LogP contribution in [0.15, 0.2) is 22.1 Å². The lowest BCUT2D eigenvalue weighted by atomic mass is 10.4. The minimum atomic E-state index is -1.07. The van der Waals surface area contributed by atoms with E-state index >= 15 is 0 Å². The van der Waals surface area contributed by atoms with Crippen molar-refractivity contribution in [2.24, 2.45) is 0 Å². The van der Waals surface area contributed by atoms with E-state index in [0.717, 1.165) is 34.0 Å². The third-order valence-corrected chi connectivity index (χ3v) is 5.12. The highest BCUT2D eigenvalue weighted by Crippen LogP contribution is 2.32. The van der Waals surface area contributed by atoms with Gasteiger partial charge in [-0.2, -0.15) is 0 Å². The molecule has 0 aromatic rings. The first-order valence-electron chi connectivity index (χ1n) is 5.50. The Kier molecular flexibility index (Phi) is 4.54. The Labute approximate surface area is 124 Å². The summed E-state index contributed by atoms with van der Waals surface area (Å²) in [6.07, 6.45) is 3.59. The third-order valence-electron chi connectivity index (χ3n) is 2.60. The highest BCUT2D eigenvalue weighted by molar-refractivity contribution is 8.26. The van der Waals surface area contributed by atoms with Crippen molar-refractivity contribution in [3.05, 3.63) is 22.1 Å². The largest absolute Gasteiger partial charge is 0.480 e. The number of carbonyl (C=O) groups is 2. The molecule has 0 aromatic heterocycles. The average molecular weight is 316 g/mol. The number of carbonyl (C=O) groups excluding carboxylic acids is 1. The number of thioether (sulfide) groups is 2. The molecule has 19 heavy (non-hydrogen) atoms. The van der Waals surface area contributed by atoms with Gasteiger partial charge in [0, 0.05) is 19.3 Å². The SMILES string of the molecule is CN1CCS/C1=C\C=C1/SC(=S)N(CC(=O)O)C1=O. The molecule has 1 N–H and O–H groups in total. The van der Waals surface area contributed by atoms with Gasteiger partial charge in [0.2, 0.25) is 0 Å². The maximum atomic E-state index is 12.0. The maximum absolute atomic E-state index is 12.0. The van der Waals surface area contributed by atoms with Crippen molar-refractivity contribution in [3.8, 4) is 0 Å². The summed E-state index contributed by atoms with van der Waals surface area (Å²) in [6.45, 7) is 0.609. The van der Waals surface area contributed by atoms with E-state index in [1.54, 1.807) is 17.8 Å². The van der Waals surface area contributed by atoms with Gasteiger partial charge in [-0.25, -0.2) is 0 Å². The number of nitrogens with zero attached hydrogens (tertiary/aromatic N) is 2. The molecule has 0 aromatic carbocycles. The van der Waals surface area contributed by atoms with E-state index < -0.39 is 5.97 Å². The topological polar surface area (TPSA) is 60.9 Å². The first-order valence-corrected chi connectivity index (χ1v) is 7.71. The number of carboxylic acids is 1. The molecule has 2 aliphatic rings. The summed E-state index contributed by atoms with van der Waals surface area (Å²) in [5, 5.41) is 9.83. The zero-order valence-electron chi connectivity index (χ0n) is 10.2. The third kappa shape index (κ3) is 3.31. The predicted octanol–water partition coefficient (Wildman–Crippen LogP) is 1.34. The molecule has 0 unspecified atom stereocenters. The Morgan fingerprint density at radius 1 is 1.53 bits per heavy atom. The van der Waals surface area contributed by atoms with Gasteiger partial charge in [-0.15, -0.1) is 11.8 Å². The summed E-state index contributed by atoms with van der Waals surface area (Å²) in [7, 11) is 2.00. The number of hydrogen-bond donors (Lipinski definition) is 1. The van der Waals surface area contributed by atoms with Crippen LogP contribution in [-0.2, 0) is 9.59 Å². The van der Waals surface area contributed by atoms with Gasteiger partial charge in [0.25, 0.3) is 5.91 Å². The highest BCUT2D eigenvalue weighted by atomic mass is 32.2. The summed E-state index contributed by atoms with van der Waals surface area (Å²) >= 11 is 7.88. The predicted molar refractivity (Wildman–Crippen MR) is 80.8 cm³/mol. The molecule has 0 atom stereocenters. The molecule has 102 valence electrons. The van der Waals surface area contributed by atoms with Crippen molar-refractivity contribution in [1.29, 1.82) is 0 Å². The second kappa shape index (κ2) is 5.98. The van der Waals surface area contributed by atoms with Crippen molar-refractivity contribution in [2.45, 2.75) is 0 Å². The molecule has 0 aliphatic carbocycles. The van der Waals surface area contributed by atoms with Gasteiger partial charge in [0.05, 0.1) is 9.93 Å². The first-order chi connectivity index (χ1) is 8.99. The normalized spacial score (nSPS) is 24.1. The molecule has 2 rings (SSSR count). The molecule has 5 nitrogen and oxygen atoms in total. The van der Waals surface area contributed by atoms with Crippen LogP contribution in [0.3, 0.4) is 0 Å². The molecule has 2 heterocycles. The summed E-state index contributed by atoms with van der Waals surface area (Å²) in [5.41, 5.74) is 0. The lowest BCUT2D eigenvalue weighted by Gasteiger charge is -2.10. The first kappa shape index (κ1) is 14.4. The van der Waals surface area contributed by atoms with Crippen LogP contribution in [0, 0.1) is 0 Å². The number of aliphatic carboxylic acids is 1. The molecule has 8 heteroatoms. The monoisotopic (exact) mass is 316 g/mol. The van der Waals surface area contributed by atoms with E-state index in [1.165, 1.54) is 0 Å². The summed E-state index contributed by atoms with van der Waals surface area (Å²) < 4.78 is 0.296. The number of carboxylic acid groups (broad SMARTS) is 1. The molecule has 2 saturated heterocycles. The van der Waals surface area contributed by atoms with Crippen molar-refractivity contribution in [2.75, 3.05) is 25.9 Å². The molecule has 0 radical (unpaired) electrons. The van der Waals surface area contributed by atoms with E-state index in [-0.39, 0.29) is 12.5 Å². The van der Waals surface area contributed by atoms with E-state index in [2.05, 4.69) is 4.90 Å². The fourth-order valence-electron chi connectivity index (χ4n) is 1.62. The fourth-order valence-corrected chi connectivity index (χ4v) is 3.86. The zero-order valence-corrected chi connectivity index (χ0v) is 12.6. The quantitative estimate of drug-likeness (QED) is 0.622. The number of amides is 1. The number of thiocarbonyl (C=S) groups is 1. The molecular weight excluding hydrogens is 304 g/mol. The number of allylic oxidation sites excluding steroid dienone is 2. The van der Waals surface area contributed by atoms with Gasteiger partial charge in [0.1, 0.15) is 10.9 Å². The van der Waals surface area contributed by atoms with Crippen LogP contribution in [-0.4, -0.2) is 57.0 Å². The molecule has 2 fully saturated rings. The zero-order chi connectivity index (χ0) is 14.0. The van der Waals surface area contributed by atoms with Crippen LogP contribution in [0.25, 0.3) is 0 Å². The van der Waals surface area contributed by atoms with Crippen LogP contribution in [0.1, 0.15) is 0 Å². The lowest BCUT2D eigenvalue weighted by molar-refractivity contribution is -0.140. The van der Waals surface area contributed by atoms with E-state index in [4.69, 9.17) is 17.3 Å². The molecule has 2 aliphatic heterocycles. The van der Waals surface area contributed by atoms with Crippen LogP contribution in [0.4, 0.5) is 0 Å². The van der Waals surface area contributed by atoms with E-state index in [9.17, 15) is 9.59 Å². The Hall–Kier alpha value is -0.990. The van der Waals surface area contributed by atoms with Gasteiger partial charge in [0.15, 0.2) is 0 Å². The molecule has 0 bridgehead atoms. The standard InChI is InChI=1S/C11H12N2O3S3/c1-12-4-5-18-8(12)3-2-7-10(16)13(6-9(14)15)11(17)19-7/h2-3H,4-6H2,1H3,(H,14,15)/b7-2-,8-3-. The minimum absolute atomic E-state index is 0.296. The van der Waals surface area contributed by atoms with Crippen molar-refractivity contribution in [3.63, 3.8) is 0 Å². The number of hydrogen-bond acceptors (Lipinski definition) is 6.